The zero-order chi connectivity index (χ0) is 13.8. The van der Waals surface area contributed by atoms with Crippen LogP contribution in [0.5, 0.6) is 5.75 Å². The third-order valence-corrected chi connectivity index (χ3v) is 3.27. The standard InChI is InChI=1S/C15H26N2O/c1-11-12(2)14(18-5)8-7-13(11)17-10-6-9-15(3,4)16/h7-8,17H,6,9-10,16H2,1-5H3. The fourth-order valence-electron chi connectivity index (χ4n) is 1.98. The van der Waals surface area contributed by atoms with Crippen molar-refractivity contribution in [1.82, 2.24) is 0 Å². The van der Waals surface area contributed by atoms with Crippen LogP contribution in [0.2, 0.25) is 0 Å². The molecule has 0 bridgehead atoms. The minimum absolute atomic E-state index is 0.0768. The van der Waals surface area contributed by atoms with Gasteiger partial charge in [-0.1, -0.05) is 0 Å². The Labute approximate surface area is 111 Å². The normalized spacial score (nSPS) is 11.4. The van der Waals surface area contributed by atoms with Crippen molar-refractivity contribution in [3.8, 4) is 5.75 Å². The Bertz CT molecular complexity index is 394. The van der Waals surface area contributed by atoms with E-state index in [4.69, 9.17) is 10.5 Å². The number of methoxy groups -OCH3 is 1. The number of nitrogens with two attached hydrogens (primary N) is 1. The van der Waals surface area contributed by atoms with E-state index in [1.807, 2.05) is 6.07 Å². The smallest absolute Gasteiger partial charge is 0.122 e. The molecule has 0 aliphatic heterocycles. The molecule has 0 aliphatic carbocycles. The van der Waals surface area contributed by atoms with E-state index >= 15 is 0 Å². The molecule has 3 N–H and O–H groups in total. The Kier molecular flexibility index (Phi) is 5.03. The van der Waals surface area contributed by atoms with Crippen molar-refractivity contribution in [3.05, 3.63) is 23.3 Å². The molecular formula is C15H26N2O. The van der Waals surface area contributed by atoms with Gasteiger partial charge in [0.2, 0.25) is 0 Å². The summed E-state index contributed by atoms with van der Waals surface area (Å²) >= 11 is 0. The van der Waals surface area contributed by atoms with Gasteiger partial charge in [-0.25, -0.2) is 0 Å². The molecule has 0 atom stereocenters. The van der Waals surface area contributed by atoms with E-state index in [1.165, 1.54) is 16.8 Å². The number of nitrogens with one attached hydrogen (secondary N) is 1. The highest BCUT2D eigenvalue weighted by atomic mass is 16.5. The number of anilines is 1. The fourth-order valence-corrected chi connectivity index (χ4v) is 1.98. The van der Waals surface area contributed by atoms with Crippen molar-refractivity contribution in [1.29, 1.82) is 0 Å². The predicted molar refractivity (Wildman–Crippen MR) is 78.5 cm³/mol. The lowest BCUT2D eigenvalue weighted by Crippen LogP contribution is -2.32. The summed E-state index contributed by atoms with van der Waals surface area (Å²) in [5.74, 6) is 0.946. The lowest BCUT2D eigenvalue weighted by Gasteiger charge is -2.19. The summed E-state index contributed by atoms with van der Waals surface area (Å²) in [6.45, 7) is 9.29. The first kappa shape index (κ1) is 14.8. The SMILES string of the molecule is COc1ccc(NCCCC(C)(C)N)c(C)c1C. The molecule has 102 valence electrons. The second-order valence-corrected chi connectivity index (χ2v) is 5.58. The highest BCUT2D eigenvalue weighted by molar-refractivity contribution is 5.58. The number of benzene rings is 1. The monoisotopic (exact) mass is 250 g/mol. The lowest BCUT2D eigenvalue weighted by molar-refractivity contribution is 0.411. The first-order valence-corrected chi connectivity index (χ1v) is 6.52. The third kappa shape index (κ3) is 4.22. The van der Waals surface area contributed by atoms with Crippen molar-refractivity contribution in [2.24, 2.45) is 5.73 Å². The molecule has 0 aromatic heterocycles. The van der Waals surface area contributed by atoms with Crippen molar-refractivity contribution >= 4 is 5.69 Å². The van der Waals surface area contributed by atoms with Crippen molar-refractivity contribution in [3.63, 3.8) is 0 Å². The van der Waals surface area contributed by atoms with Crippen LogP contribution in [0.1, 0.15) is 37.8 Å². The van der Waals surface area contributed by atoms with Gasteiger partial charge in [-0.2, -0.15) is 0 Å². The van der Waals surface area contributed by atoms with Crippen molar-refractivity contribution in [2.75, 3.05) is 19.0 Å². The highest BCUT2D eigenvalue weighted by Crippen LogP contribution is 2.27. The van der Waals surface area contributed by atoms with Gasteiger partial charge in [0.15, 0.2) is 0 Å². The van der Waals surface area contributed by atoms with E-state index < -0.39 is 0 Å². The molecule has 0 fully saturated rings. The zero-order valence-corrected chi connectivity index (χ0v) is 12.3. The molecule has 0 amide bonds. The summed E-state index contributed by atoms with van der Waals surface area (Å²) < 4.78 is 5.31. The van der Waals surface area contributed by atoms with Crippen LogP contribution in [0, 0.1) is 13.8 Å². The van der Waals surface area contributed by atoms with Crippen molar-refractivity contribution < 1.29 is 4.74 Å². The van der Waals surface area contributed by atoms with Crippen LogP contribution in [0.25, 0.3) is 0 Å². The van der Waals surface area contributed by atoms with Gasteiger partial charge in [-0.15, -0.1) is 0 Å². The third-order valence-electron chi connectivity index (χ3n) is 3.27. The van der Waals surface area contributed by atoms with E-state index in [2.05, 4.69) is 39.1 Å². The molecule has 0 saturated heterocycles. The largest absolute Gasteiger partial charge is 0.496 e. The molecule has 0 heterocycles. The quantitative estimate of drug-likeness (QED) is 0.762. The van der Waals surface area contributed by atoms with Crippen LogP contribution >= 0.6 is 0 Å². The van der Waals surface area contributed by atoms with E-state index in [-0.39, 0.29) is 5.54 Å². The summed E-state index contributed by atoms with van der Waals surface area (Å²) in [6, 6.07) is 4.09. The van der Waals surface area contributed by atoms with E-state index in [0.717, 1.165) is 25.1 Å². The number of hydrogen-bond acceptors (Lipinski definition) is 3. The lowest BCUT2D eigenvalue weighted by atomic mass is 10.00. The maximum atomic E-state index is 5.96. The van der Waals surface area contributed by atoms with Gasteiger partial charge in [0, 0.05) is 17.8 Å². The van der Waals surface area contributed by atoms with Crippen LogP contribution < -0.4 is 15.8 Å². The molecule has 0 radical (unpaired) electrons. The Morgan fingerprint density at radius 2 is 1.89 bits per heavy atom. The highest BCUT2D eigenvalue weighted by Gasteiger charge is 2.10. The minimum Gasteiger partial charge on any atom is -0.496 e. The average Bonchev–Trinajstić information content (AvgIpc) is 2.28. The molecule has 1 rings (SSSR count). The maximum Gasteiger partial charge on any atom is 0.122 e. The van der Waals surface area contributed by atoms with Crippen LogP contribution in [0.15, 0.2) is 12.1 Å². The van der Waals surface area contributed by atoms with Crippen molar-refractivity contribution in [2.45, 2.75) is 46.1 Å². The Hall–Kier alpha value is -1.22. The van der Waals surface area contributed by atoms with Gasteiger partial charge >= 0.3 is 0 Å². The Morgan fingerprint density at radius 1 is 1.22 bits per heavy atom. The molecule has 1 aromatic carbocycles. The summed E-state index contributed by atoms with van der Waals surface area (Å²) in [6.07, 6.45) is 2.10. The molecule has 0 spiro atoms. The van der Waals surface area contributed by atoms with Crippen LogP contribution in [0.4, 0.5) is 5.69 Å². The molecular weight excluding hydrogens is 224 g/mol. The number of hydrogen-bond donors (Lipinski definition) is 2. The average molecular weight is 250 g/mol. The topological polar surface area (TPSA) is 47.3 Å². The first-order valence-electron chi connectivity index (χ1n) is 6.52. The number of ether oxygens (including phenoxy) is 1. The van der Waals surface area contributed by atoms with E-state index in [9.17, 15) is 0 Å². The molecule has 18 heavy (non-hydrogen) atoms. The molecule has 3 nitrogen and oxygen atoms in total. The van der Waals surface area contributed by atoms with Gasteiger partial charge in [-0.05, 0) is 63.8 Å². The van der Waals surface area contributed by atoms with Gasteiger partial charge in [-0.3, -0.25) is 0 Å². The predicted octanol–water partition coefficient (Wildman–Crippen LogP) is 3.24. The molecule has 1 aromatic rings. The first-order chi connectivity index (χ1) is 8.35. The van der Waals surface area contributed by atoms with Crippen LogP contribution in [-0.4, -0.2) is 19.2 Å². The van der Waals surface area contributed by atoms with Crippen LogP contribution in [0.3, 0.4) is 0 Å². The fraction of sp³-hybridized carbons (Fsp3) is 0.600. The summed E-state index contributed by atoms with van der Waals surface area (Å²) in [5.41, 5.74) is 9.52. The maximum absolute atomic E-state index is 5.96. The summed E-state index contributed by atoms with van der Waals surface area (Å²) in [4.78, 5) is 0. The van der Waals surface area contributed by atoms with Gasteiger partial charge in [0.05, 0.1) is 7.11 Å². The molecule has 0 unspecified atom stereocenters. The van der Waals surface area contributed by atoms with Crippen LogP contribution in [-0.2, 0) is 0 Å². The molecule has 0 aliphatic rings. The molecule has 3 heteroatoms. The van der Waals surface area contributed by atoms with Gasteiger partial charge < -0.3 is 15.8 Å². The second kappa shape index (κ2) is 6.10. The summed E-state index contributed by atoms with van der Waals surface area (Å²) in [7, 11) is 1.71. The second-order valence-electron chi connectivity index (χ2n) is 5.58. The Morgan fingerprint density at radius 3 is 2.44 bits per heavy atom. The Balaban J connectivity index is 2.56. The molecule has 0 saturated carbocycles. The zero-order valence-electron chi connectivity index (χ0n) is 12.3. The number of rotatable bonds is 6. The van der Waals surface area contributed by atoms with Gasteiger partial charge in [0.1, 0.15) is 5.75 Å². The van der Waals surface area contributed by atoms with E-state index in [1.54, 1.807) is 7.11 Å². The van der Waals surface area contributed by atoms with E-state index in [0.29, 0.717) is 0 Å². The minimum atomic E-state index is -0.0768. The van der Waals surface area contributed by atoms with Gasteiger partial charge in [0.25, 0.3) is 0 Å². The summed E-state index contributed by atoms with van der Waals surface area (Å²) in [5, 5.41) is 3.47.